The van der Waals surface area contributed by atoms with E-state index in [1.807, 2.05) is 50.2 Å². The molecule has 2 aromatic rings. The highest BCUT2D eigenvalue weighted by Crippen LogP contribution is 2.15. The van der Waals surface area contributed by atoms with Crippen LogP contribution in [0.2, 0.25) is 0 Å². The summed E-state index contributed by atoms with van der Waals surface area (Å²) in [4.78, 5) is 25.6. The van der Waals surface area contributed by atoms with E-state index in [0.29, 0.717) is 18.0 Å². The van der Waals surface area contributed by atoms with Gasteiger partial charge in [0.2, 0.25) is 0 Å². The number of anilines is 2. The molecule has 0 fully saturated rings. The van der Waals surface area contributed by atoms with Crippen molar-refractivity contribution in [3.63, 3.8) is 0 Å². The fourth-order valence-electron chi connectivity index (χ4n) is 2.06. The lowest BCUT2D eigenvalue weighted by molar-refractivity contribution is -0.136. The van der Waals surface area contributed by atoms with Gasteiger partial charge in [0, 0.05) is 25.5 Å². The second-order valence-electron chi connectivity index (χ2n) is 5.60. The molecule has 0 bridgehead atoms. The zero-order chi connectivity index (χ0) is 18.9. The smallest absolute Gasteiger partial charge is 0.329 e. The minimum Gasteiger partial charge on any atom is -0.494 e. The van der Waals surface area contributed by atoms with Gasteiger partial charge in [0.1, 0.15) is 5.75 Å². The Morgan fingerprint density at radius 2 is 1.69 bits per heavy atom. The number of benzene rings is 2. The molecule has 2 amide bonds. The number of carbonyl (C=O) groups excluding carboxylic acids is 2. The molecule has 0 atom stereocenters. The molecule has 0 saturated heterocycles. The molecule has 0 heterocycles. The van der Waals surface area contributed by atoms with Gasteiger partial charge in [-0.2, -0.15) is 5.10 Å². The van der Waals surface area contributed by atoms with Crippen molar-refractivity contribution in [2.75, 3.05) is 30.9 Å². The highest BCUT2D eigenvalue weighted by Gasteiger charge is 2.12. The zero-order valence-corrected chi connectivity index (χ0v) is 15.0. The molecule has 2 rings (SSSR count). The van der Waals surface area contributed by atoms with Gasteiger partial charge < -0.3 is 15.0 Å². The number of carbonyl (C=O) groups is 2. The normalized spacial score (nSPS) is 10.4. The molecule has 0 spiro atoms. The van der Waals surface area contributed by atoms with Crippen LogP contribution in [0.15, 0.2) is 53.6 Å². The molecular formula is C19H22N4O3. The van der Waals surface area contributed by atoms with Gasteiger partial charge in [-0.3, -0.25) is 9.59 Å². The van der Waals surface area contributed by atoms with E-state index in [9.17, 15) is 9.59 Å². The topological polar surface area (TPSA) is 83.0 Å². The molecule has 7 heteroatoms. The van der Waals surface area contributed by atoms with Crippen LogP contribution >= 0.6 is 0 Å². The van der Waals surface area contributed by atoms with Crippen molar-refractivity contribution in [1.29, 1.82) is 0 Å². The fraction of sp³-hybridized carbons (Fsp3) is 0.211. The van der Waals surface area contributed by atoms with Crippen LogP contribution in [-0.4, -0.2) is 38.7 Å². The van der Waals surface area contributed by atoms with Gasteiger partial charge in [-0.1, -0.05) is 12.1 Å². The standard InChI is InChI=1S/C19H22N4O3/c1-4-26-17-11-7-15(8-12-17)21-18(24)19(25)22-20-13-14-5-9-16(10-6-14)23(2)3/h5-13H,4H2,1-3H3,(H,21,24)(H,22,25)/b20-13+. The van der Waals surface area contributed by atoms with Gasteiger partial charge in [0.15, 0.2) is 0 Å². The maximum absolute atomic E-state index is 11.9. The van der Waals surface area contributed by atoms with E-state index in [4.69, 9.17) is 4.74 Å². The number of nitrogens with zero attached hydrogens (tertiary/aromatic N) is 2. The third kappa shape index (κ3) is 5.62. The molecule has 0 aliphatic heterocycles. The third-order valence-electron chi connectivity index (χ3n) is 3.42. The number of rotatable bonds is 6. The summed E-state index contributed by atoms with van der Waals surface area (Å²) in [5.41, 5.74) is 4.57. The quantitative estimate of drug-likeness (QED) is 0.473. The minimum absolute atomic E-state index is 0.497. The van der Waals surface area contributed by atoms with Gasteiger partial charge >= 0.3 is 11.8 Å². The maximum atomic E-state index is 11.9. The van der Waals surface area contributed by atoms with Crippen LogP contribution in [0.1, 0.15) is 12.5 Å². The lowest BCUT2D eigenvalue weighted by Gasteiger charge is -2.11. The van der Waals surface area contributed by atoms with Crippen molar-refractivity contribution >= 4 is 29.4 Å². The Morgan fingerprint density at radius 3 is 2.27 bits per heavy atom. The molecule has 0 aliphatic carbocycles. The highest BCUT2D eigenvalue weighted by molar-refractivity contribution is 6.39. The molecule has 0 unspecified atom stereocenters. The van der Waals surface area contributed by atoms with E-state index in [1.165, 1.54) is 6.21 Å². The summed E-state index contributed by atoms with van der Waals surface area (Å²) in [6.07, 6.45) is 1.47. The van der Waals surface area contributed by atoms with Crippen molar-refractivity contribution in [1.82, 2.24) is 5.43 Å². The van der Waals surface area contributed by atoms with E-state index < -0.39 is 11.8 Å². The van der Waals surface area contributed by atoms with Gasteiger partial charge in [0.05, 0.1) is 12.8 Å². The van der Waals surface area contributed by atoms with Crippen LogP contribution in [0, 0.1) is 0 Å². The number of hydrogen-bond donors (Lipinski definition) is 2. The van der Waals surface area contributed by atoms with E-state index in [1.54, 1.807) is 24.3 Å². The molecule has 0 aliphatic rings. The molecular weight excluding hydrogens is 332 g/mol. The first-order chi connectivity index (χ1) is 12.5. The SMILES string of the molecule is CCOc1ccc(NC(=O)C(=O)N/N=C/c2ccc(N(C)C)cc2)cc1. The Bertz CT molecular complexity index is 768. The van der Waals surface area contributed by atoms with Crippen molar-refractivity contribution in [3.8, 4) is 5.75 Å². The van der Waals surface area contributed by atoms with Gasteiger partial charge in [-0.15, -0.1) is 0 Å². The first kappa shape index (κ1) is 19.0. The molecule has 2 N–H and O–H groups in total. The predicted octanol–water partition coefficient (Wildman–Crippen LogP) is 2.24. The van der Waals surface area contributed by atoms with Gasteiger partial charge in [-0.05, 0) is 48.9 Å². The lowest BCUT2D eigenvalue weighted by Crippen LogP contribution is -2.32. The minimum atomic E-state index is -0.847. The third-order valence-corrected chi connectivity index (χ3v) is 3.42. The van der Waals surface area contributed by atoms with E-state index in [0.717, 1.165) is 11.3 Å². The molecule has 0 radical (unpaired) electrons. The van der Waals surface area contributed by atoms with E-state index in [2.05, 4.69) is 15.8 Å². The molecule has 26 heavy (non-hydrogen) atoms. The summed E-state index contributed by atoms with van der Waals surface area (Å²) >= 11 is 0. The largest absolute Gasteiger partial charge is 0.494 e. The van der Waals surface area contributed by atoms with Crippen LogP contribution < -0.4 is 20.4 Å². The summed E-state index contributed by atoms with van der Waals surface area (Å²) in [6, 6.07) is 14.3. The monoisotopic (exact) mass is 354 g/mol. The summed E-state index contributed by atoms with van der Waals surface area (Å²) in [7, 11) is 3.90. The van der Waals surface area contributed by atoms with Crippen LogP contribution in [0.5, 0.6) is 5.75 Å². The summed E-state index contributed by atoms with van der Waals surface area (Å²) in [5.74, 6) is -0.950. The number of amides is 2. The number of hydrogen-bond acceptors (Lipinski definition) is 5. The molecule has 0 aromatic heterocycles. The second-order valence-corrected chi connectivity index (χ2v) is 5.60. The van der Waals surface area contributed by atoms with E-state index in [-0.39, 0.29) is 0 Å². The first-order valence-corrected chi connectivity index (χ1v) is 8.14. The van der Waals surface area contributed by atoms with Crippen LogP contribution in [0.3, 0.4) is 0 Å². The summed E-state index contributed by atoms with van der Waals surface area (Å²) < 4.78 is 5.32. The zero-order valence-electron chi connectivity index (χ0n) is 15.0. The van der Waals surface area contributed by atoms with Crippen molar-refractivity contribution in [3.05, 3.63) is 54.1 Å². The molecule has 0 saturated carbocycles. The van der Waals surface area contributed by atoms with Crippen molar-refractivity contribution in [2.24, 2.45) is 5.10 Å². The molecule has 2 aromatic carbocycles. The Hall–Kier alpha value is -3.35. The summed E-state index contributed by atoms with van der Waals surface area (Å²) in [5, 5.41) is 6.29. The highest BCUT2D eigenvalue weighted by atomic mass is 16.5. The molecule has 7 nitrogen and oxygen atoms in total. The Balaban J connectivity index is 1.85. The predicted molar refractivity (Wildman–Crippen MR) is 103 cm³/mol. The number of nitrogens with one attached hydrogen (secondary N) is 2. The number of ether oxygens (including phenoxy) is 1. The average Bonchev–Trinajstić information content (AvgIpc) is 2.64. The van der Waals surface area contributed by atoms with Crippen LogP contribution in [-0.2, 0) is 9.59 Å². The molecule has 136 valence electrons. The Morgan fingerprint density at radius 1 is 1.04 bits per heavy atom. The van der Waals surface area contributed by atoms with Crippen LogP contribution in [0.4, 0.5) is 11.4 Å². The van der Waals surface area contributed by atoms with Crippen molar-refractivity contribution < 1.29 is 14.3 Å². The Labute approximate surface area is 152 Å². The van der Waals surface area contributed by atoms with Crippen LogP contribution in [0.25, 0.3) is 0 Å². The number of hydrazone groups is 1. The summed E-state index contributed by atoms with van der Waals surface area (Å²) in [6.45, 7) is 2.45. The average molecular weight is 354 g/mol. The first-order valence-electron chi connectivity index (χ1n) is 8.14. The maximum Gasteiger partial charge on any atom is 0.329 e. The Kier molecular flexibility index (Phi) is 6.73. The van der Waals surface area contributed by atoms with Gasteiger partial charge in [0.25, 0.3) is 0 Å². The van der Waals surface area contributed by atoms with Gasteiger partial charge in [-0.25, -0.2) is 5.43 Å². The fourth-order valence-corrected chi connectivity index (χ4v) is 2.06. The second kappa shape index (κ2) is 9.22. The lowest BCUT2D eigenvalue weighted by atomic mass is 10.2. The van der Waals surface area contributed by atoms with Crippen molar-refractivity contribution in [2.45, 2.75) is 6.92 Å². The van der Waals surface area contributed by atoms with E-state index >= 15 is 0 Å².